The number of anilines is 1. The molecule has 0 aliphatic heterocycles. The number of nitrogens with zero attached hydrogens (tertiary/aromatic N) is 1. The lowest BCUT2D eigenvalue weighted by atomic mass is 10.1. The summed E-state index contributed by atoms with van der Waals surface area (Å²) in [6.07, 6.45) is 3.86. The molecular formula is C16H19N2O+. The first-order valence-corrected chi connectivity index (χ1v) is 6.38. The zero-order valence-electron chi connectivity index (χ0n) is 11.6. The second-order valence-electron chi connectivity index (χ2n) is 4.87. The zero-order chi connectivity index (χ0) is 13.8. The maximum atomic E-state index is 12.1. The van der Waals surface area contributed by atoms with Gasteiger partial charge in [0.15, 0.2) is 12.4 Å². The fraction of sp³-hybridized carbons (Fsp3) is 0.250. The van der Waals surface area contributed by atoms with Crippen molar-refractivity contribution in [3.8, 4) is 0 Å². The maximum Gasteiger partial charge on any atom is 0.290 e. The number of nitrogens with one attached hydrogen (secondary N) is 1. The Morgan fingerprint density at radius 1 is 1.11 bits per heavy atom. The molecule has 1 aromatic heterocycles. The zero-order valence-corrected chi connectivity index (χ0v) is 11.6. The van der Waals surface area contributed by atoms with Crippen molar-refractivity contribution in [3.63, 3.8) is 0 Å². The smallest absolute Gasteiger partial charge is 0.290 e. The first-order valence-electron chi connectivity index (χ1n) is 6.38. The van der Waals surface area contributed by atoms with Gasteiger partial charge in [0, 0.05) is 17.3 Å². The van der Waals surface area contributed by atoms with Crippen LogP contribution >= 0.6 is 0 Å². The summed E-state index contributed by atoms with van der Waals surface area (Å²) in [4.78, 5) is 12.1. The lowest BCUT2D eigenvalue weighted by molar-refractivity contribution is -0.684. The summed E-state index contributed by atoms with van der Waals surface area (Å²) in [5.74, 6) is -0.00648. The van der Waals surface area contributed by atoms with Gasteiger partial charge in [-0.15, -0.1) is 0 Å². The van der Waals surface area contributed by atoms with Gasteiger partial charge in [0.2, 0.25) is 6.54 Å². The molecule has 3 heteroatoms. The summed E-state index contributed by atoms with van der Waals surface area (Å²) in [5.41, 5.74) is 4.23. The lowest BCUT2D eigenvalue weighted by Gasteiger charge is -2.10. The molecule has 1 heterocycles. The number of aromatic nitrogens is 1. The molecule has 0 spiro atoms. The summed E-state index contributed by atoms with van der Waals surface area (Å²) in [7, 11) is 0. The van der Waals surface area contributed by atoms with Gasteiger partial charge in [-0.2, -0.15) is 4.57 Å². The molecule has 0 unspecified atom stereocenters. The first-order chi connectivity index (χ1) is 9.06. The molecule has 3 nitrogen and oxygen atoms in total. The van der Waals surface area contributed by atoms with Gasteiger partial charge in [0.1, 0.15) is 0 Å². The van der Waals surface area contributed by atoms with E-state index in [0.717, 1.165) is 22.4 Å². The average Bonchev–Trinajstić information content (AvgIpc) is 2.34. The highest BCUT2D eigenvalue weighted by atomic mass is 16.1. The number of para-hydroxylation sites is 1. The molecule has 1 amide bonds. The van der Waals surface area contributed by atoms with Crippen LogP contribution in [-0.2, 0) is 11.3 Å². The van der Waals surface area contributed by atoms with Gasteiger partial charge in [-0.05, 0) is 38.0 Å². The molecule has 0 aliphatic rings. The lowest BCUT2D eigenvalue weighted by Crippen LogP contribution is -2.40. The van der Waals surface area contributed by atoms with Gasteiger partial charge in [-0.3, -0.25) is 4.79 Å². The van der Waals surface area contributed by atoms with Crippen molar-refractivity contribution in [3.05, 3.63) is 59.4 Å². The number of rotatable bonds is 3. The highest BCUT2D eigenvalue weighted by molar-refractivity contribution is 5.91. The van der Waals surface area contributed by atoms with Crippen LogP contribution in [0.1, 0.15) is 16.7 Å². The highest BCUT2D eigenvalue weighted by Gasteiger charge is 2.11. The third-order valence-electron chi connectivity index (χ3n) is 3.08. The SMILES string of the molecule is Cc1ccc[n+](CC(=O)Nc2c(C)cccc2C)c1. The molecule has 0 bridgehead atoms. The van der Waals surface area contributed by atoms with Crippen LogP contribution in [0.25, 0.3) is 0 Å². The van der Waals surface area contributed by atoms with Crippen molar-refractivity contribution in [1.29, 1.82) is 0 Å². The van der Waals surface area contributed by atoms with Crippen molar-refractivity contribution >= 4 is 11.6 Å². The molecule has 1 aromatic carbocycles. The number of hydrogen-bond donors (Lipinski definition) is 1. The number of carbonyl (C=O) groups is 1. The first kappa shape index (κ1) is 13.3. The molecule has 0 atom stereocenters. The number of carbonyl (C=O) groups excluding carboxylic acids is 1. The van der Waals surface area contributed by atoms with E-state index < -0.39 is 0 Å². The normalized spacial score (nSPS) is 10.3. The monoisotopic (exact) mass is 255 g/mol. The van der Waals surface area contributed by atoms with Crippen LogP contribution in [0.3, 0.4) is 0 Å². The Kier molecular flexibility index (Phi) is 3.95. The minimum atomic E-state index is -0.00648. The van der Waals surface area contributed by atoms with Crippen LogP contribution in [-0.4, -0.2) is 5.91 Å². The van der Waals surface area contributed by atoms with E-state index in [2.05, 4.69) is 5.32 Å². The molecule has 0 fully saturated rings. The van der Waals surface area contributed by atoms with Gasteiger partial charge in [-0.25, -0.2) is 0 Å². The van der Waals surface area contributed by atoms with E-state index in [1.807, 2.05) is 68.1 Å². The fourth-order valence-corrected chi connectivity index (χ4v) is 2.11. The van der Waals surface area contributed by atoms with Gasteiger partial charge in [0.05, 0.1) is 0 Å². The largest absolute Gasteiger partial charge is 0.320 e. The van der Waals surface area contributed by atoms with E-state index in [9.17, 15) is 4.79 Å². The number of aryl methyl sites for hydroxylation is 3. The van der Waals surface area contributed by atoms with Crippen molar-refractivity contribution < 1.29 is 9.36 Å². The molecule has 2 aromatic rings. The van der Waals surface area contributed by atoms with Gasteiger partial charge in [-0.1, -0.05) is 18.2 Å². The van der Waals surface area contributed by atoms with E-state index in [4.69, 9.17) is 0 Å². The second kappa shape index (κ2) is 5.65. The summed E-state index contributed by atoms with van der Waals surface area (Å²) in [6, 6.07) is 9.96. The Labute approximate surface area is 113 Å². The topological polar surface area (TPSA) is 33.0 Å². The molecule has 0 aliphatic carbocycles. The van der Waals surface area contributed by atoms with Crippen molar-refractivity contribution in [2.45, 2.75) is 27.3 Å². The Balaban J connectivity index is 2.10. The Hall–Kier alpha value is -2.16. The highest BCUT2D eigenvalue weighted by Crippen LogP contribution is 2.19. The number of pyridine rings is 1. The summed E-state index contributed by atoms with van der Waals surface area (Å²) in [5, 5.41) is 2.99. The minimum Gasteiger partial charge on any atom is -0.320 e. The molecular weight excluding hydrogens is 236 g/mol. The molecule has 0 radical (unpaired) electrons. The molecule has 19 heavy (non-hydrogen) atoms. The van der Waals surface area contributed by atoms with Crippen LogP contribution in [0.2, 0.25) is 0 Å². The van der Waals surface area contributed by atoms with Crippen molar-refractivity contribution in [2.24, 2.45) is 0 Å². The van der Waals surface area contributed by atoms with Gasteiger partial charge >= 0.3 is 0 Å². The van der Waals surface area contributed by atoms with Gasteiger partial charge in [0.25, 0.3) is 5.91 Å². The Morgan fingerprint density at radius 2 is 1.79 bits per heavy atom. The Bertz CT molecular complexity index is 585. The van der Waals surface area contributed by atoms with Crippen LogP contribution in [0, 0.1) is 20.8 Å². The minimum absolute atomic E-state index is 0.00648. The van der Waals surface area contributed by atoms with Crippen molar-refractivity contribution in [1.82, 2.24) is 0 Å². The summed E-state index contributed by atoms with van der Waals surface area (Å²) >= 11 is 0. The molecule has 2 rings (SSSR count). The third-order valence-corrected chi connectivity index (χ3v) is 3.08. The van der Waals surface area contributed by atoms with E-state index >= 15 is 0 Å². The van der Waals surface area contributed by atoms with Gasteiger partial charge < -0.3 is 5.32 Å². The van der Waals surface area contributed by atoms with E-state index in [0.29, 0.717) is 6.54 Å². The fourth-order valence-electron chi connectivity index (χ4n) is 2.11. The number of benzene rings is 1. The molecule has 98 valence electrons. The quantitative estimate of drug-likeness (QED) is 0.840. The van der Waals surface area contributed by atoms with Crippen LogP contribution in [0.4, 0.5) is 5.69 Å². The summed E-state index contributed by atoms with van der Waals surface area (Å²) < 4.78 is 1.89. The average molecular weight is 255 g/mol. The number of hydrogen-bond acceptors (Lipinski definition) is 1. The Morgan fingerprint density at radius 3 is 2.42 bits per heavy atom. The predicted octanol–water partition coefficient (Wildman–Crippen LogP) is 2.54. The second-order valence-corrected chi connectivity index (χ2v) is 4.87. The summed E-state index contributed by atoms with van der Waals surface area (Å²) in [6.45, 7) is 6.35. The maximum absolute atomic E-state index is 12.1. The van der Waals surface area contributed by atoms with Crippen LogP contribution in [0.5, 0.6) is 0 Å². The van der Waals surface area contributed by atoms with Crippen LogP contribution in [0.15, 0.2) is 42.7 Å². The third kappa shape index (κ3) is 3.41. The van der Waals surface area contributed by atoms with E-state index in [-0.39, 0.29) is 5.91 Å². The van der Waals surface area contributed by atoms with Crippen molar-refractivity contribution in [2.75, 3.05) is 5.32 Å². The van der Waals surface area contributed by atoms with E-state index in [1.165, 1.54) is 0 Å². The molecule has 0 saturated heterocycles. The molecule has 0 saturated carbocycles. The van der Waals surface area contributed by atoms with Crippen LogP contribution < -0.4 is 9.88 Å². The molecule has 1 N–H and O–H groups in total. The predicted molar refractivity (Wildman–Crippen MR) is 75.9 cm³/mol. The van der Waals surface area contributed by atoms with E-state index in [1.54, 1.807) is 0 Å². The number of amides is 1. The standard InChI is InChI=1S/C16H18N2O/c1-12-6-5-9-18(10-12)11-15(19)17-16-13(2)7-4-8-14(16)3/h4-10H,11H2,1-3H3/p+1.